The average Bonchev–Trinajstić information content (AvgIpc) is 3.70. The molecule has 1 N–H and O–H groups in total. The second kappa shape index (κ2) is 11.9. The van der Waals surface area contributed by atoms with Gasteiger partial charge in [-0.05, 0) is 82.9 Å². The van der Waals surface area contributed by atoms with Crippen LogP contribution in [0.3, 0.4) is 0 Å². The molecule has 51 heavy (non-hydrogen) atoms. The summed E-state index contributed by atoms with van der Waals surface area (Å²) in [6, 6.07) is 59.1. The van der Waals surface area contributed by atoms with E-state index in [0.717, 1.165) is 28.2 Å². The van der Waals surface area contributed by atoms with E-state index >= 15 is 0 Å². The van der Waals surface area contributed by atoms with Crippen LogP contribution in [0.15, 0.2) is 188 Å². The fraction of sp³-hybridized carbons (Fsp3) is 0. The molecule has 0 saturated carbocycles. The Balaban J connectivity index is 1.31. The molecule has 2 aromatic heterocycles. The van der Waals surface area contributed by atoms with Crippen LogP contribution in [0.2, 0.25) is 0 Å². The minimum Gasteiger partial charge on any atom is -0.361 e. The molecule has 3 heteroatoms. The molecule has 0 saturated heterocycles. The number of anilines is 1. The van der Waals surface area contributed by atoms with Gasteiger partial charge < -0.3 is 14.5 Å². The van der Waals surface area contributed by atoms with Crippen molar-refractivity contribution in [3.63, 3.8) is 0 Å². The van der Waals surface area contributed by atoms with Crippen LogP contribution in [0.5, 0.6) is 0 Å². The summed E-state index contributed by atoms with van der Waals surface area (Å²) in [6.45, 7) is 0. The van der Waals surface area contributed by atoms with Gasteiger partial charge in [-0.15, -0.1) is 0 Å². The van der Waals surface area contributed by atoms with Crippen LogP contribution in [0.4, 0.5) is 5.69 Å². The van der Waals surface area contributed by atoms with Crippen LogP contribution in [-0.2, 0) is 0 Å². The van der Waals surface area contributed by atoms with Crippen molar-refractivity contribution in [1.82, 2.24) is 9.13 Å². The summed E-state index contributed by atoms with van der Waals surface area (Å²) in [5.74, 6) is 0. The van der Waals surface area contributed by atoms with E-state index in [4.69, 9.17) is 0 Å². The number of nitrogens with zero attached hydrogens (tertiary/aromatic N) is 2. The fourth-order valence-corrected chi connectivity index (χ4v) is 7.91. The Morgan fingerprint density at radius 1 is 0.431 bits per heavy atom. The lowest BCUT2D eigenvalue weighted by atomic mass is 9.91. The smallest absolute Gasteiger partial charge is 0.0561 e. The van der Waals surface area contributed by atoms with E-state index in [1.54, 1.807) is 0 Å². The molecular weight excluding hydrogens is 619 g/mol. The van der Waals surface area contributed by atoms with Crippen molar-refractivity contribution in [2.45, 2.75) is 0 Å². The lowest BCUT2D eigenvalue weighted by Gasteiger charge is -2.15. The zero-order valence-corrected chi connectivity index (χ0v) is 27.9. The second-order valence-electron chi connectivity index (χ2n) is 13.0. The Labute approximate surface area is 296 Å². The molecule has 3 nitrogen and oxygen atoms in total. The minimum absolute atomic E-state index is 1.07. The first-order chi connectivity index (χ1) is 25.3. The molecule has 0 fully saturated rings. The van der Waals surface area contributed by atoms with Gasteiger partial charge in [-0.1, -0.05) is 127 Å². The highest BCUT2D eigenvalue weighted by Gasteiger charge is 2.21. The molecule has 1 aliphatic heterocycles. The molecule has 240 valence electrons. The monoisotopic (exact) mass is 651 g/mol. The summed E-state index contributed by atoms with van der Waals surface area (Å²) in [4.78, 5) is 0. The first-order valence-corrected chi connectivity index (χ1v) is 17.4. The van der Waals surface area contributed by atoms with Crippen molar-refractivity contribution in [2.75, 3.05) is 5.32 Å². The highest BCUT2D eigenvalue weighted by molar-refractivity contribution is 6.17. The third-order valence-corrected chi connectivity index (χ3v) is 10.2. The number of hydrogen-bond acceptors (Lipinski definition) is 1. The van der Waals surface area contributed by atoms with Crippen molar-refractivity contribution in [3.8, 4) is 22.5 Å². The lowest BCUT2D eigenvalue weighted by molar-refractivity contribution is 1.15. The molecule has 0 aliphatic carbocycles. The maximum absolute atomic E-state index is 3.56. The molecular formula is C48H33N3. The van der Waals surface area contributed by atoms with Crippen molar-refractivity contribution < 1.29 is 0 Å². The number of benzene rings is 7. The van der Waals surface area contributed by atoms with Crippen LogP contribution in [0, 0.1) is 0 Å². The maximum atomic E-state index is 3.56. The van der Waals surface area contributed by atoms with E-state index in [0.29, 0.717) is 0 Å². The molecule has 3 heterocycles. The predicted molar refractivity (Wildman–Crippen MR) is 217 cm³/mol. The quantitative estimate of drug-likeness (QED) is 0.202. The Hall–Kier alpha value is -6.84. The van der Waals surface area contributed by atoms with E-state index < -0.39 is 0 Å². The number of allylic oxidation sites excluding steroid dienone is 4. The number of fused-ring (bicyclic) bond motifs is 10. The summed E-state index contributed by atoms with van der Waals surface area (Å²) < 4.78 is 4.84. The van der Waals surface area contributed by atoms with Crippen LogP contribution >= 0.6 is 0 Å². The highest BCUT2D eigenvalue weighted by atomic mass is 15.0. The molecule has 0 unspecified atom stereocenters. The van der Waals surface area contributed by atoms with Gasteiger partial charge in [0.2, 0.25) is 0 Å². The van der Waals surface area contributed by atoms with Gasteiger partial charge in [-0.2, -0.15) is 0 Å². The Morgan fingerprint density at radius 3 is 1.94 bits per heavy atom. The Bertz CT molecular complexity index is 2870. The van der Waals surface area contributed by atoms with Crippen molar-refractivity contribution in [1.29, 1.82) is 0 Å². The Kier molecular flexibility index (Phi) is 6.81. The molecule has 0 radical (unpaired) electrons. The van der Waals surface area contributed by atoms with Crippen molar-refractivity contribution >= 4 is 60.9 Å². The van der Waals surface area contributed by atoms with E-state index in [1.165, 1.54) is 60.3 Å². The standard InChI is InChI=1S/C48H33N3/c1-3-15-33(16-4-1)34-17-13-14-30-49-43-23-10-7-20-38(43)37-28-29-46-48(42(37)31-34)41-22-9-12-25-45(41)51(46)36-26-27-40-39-21-8-11-24-44(39)50(47(40)32-36)35-18-5-2-6-19-35/h1-32,49H/b17-13?,30-14?,34-31+. The van der Waals surface area contributed by atoms with Gasteiger partial charge in [0.1, 0.15) is 0 Å². The molecule has 9 aromatic rings. The summed E-state index contributed by atoms with van der Waals surface area (Å²) in [5.41, 5.74) is 14.0. The van der Waals surface area contributed by atoms with Gasteiger partial charge in [0.05, 0.1) is 22.1 Å². The van der Waals surface area contributed by atoms with E-state index in [-0.39, 0.29) is 0 Å². The van der Waals surface area contributed by atoms with Crippen LogP contribution < -0.4 is 5.32 Å². The number of rotatable bonds is 3. The summed E-state index contributed by atoms with van der Waals surface area (Å²) >= 11 is 0. The van der Waals surface area contributed by atoms with Gasteiger partial charge in [0.15, 0.2) is 0 Å². The topological polar surface area (TPSA) is 21.9 Å². The van der Waals surface area contributed by atoms with E-state index in [1.807, 2.05) is 6.20 Å². The van der Waals surface area contributed by atoms with Gasteiger partial charge in [-0.3, -0.25) is 0 Å². The minimum atomic E-state index is 1.07. The number of nitrogens with one attached hydrogen (secondary N) is 1. The first kappa shape index (κ1) is 29.1. The molecule has 7 aromatic carbocycles. The van der Waals surface area contributed by atoms with Crippen molar-refractivity contribution in [2.24, 2.45) is 0 Å². The third kappa shape index (κ3) is 4.74. The number of para-hydroxylation sites is 4. The molecule has 0 amide bonds. The summed E-state index contributed by atoms with van der Waals surface area (Å²) in [5, 5.41) is 8.51. The average molecular weight is 652 g/mol. The summed E-state index contributed by atoms with van der Waals surface area (Å²) in [6.07, 6.45) is 10.8. The summed E-state index contributed by atoms with van der Waals surface area (Å²) in [7, 11) is 0. The van der Waals surface area contributed by atoms with Crippen LogP contribution in [0.25, 0.3) is 77.8 Å². The first-order valence-electron chi connectivity index (χ1n) is 17.4. The zero-order valence-electron chi connectivity index (χ0n) is 27.9. The maximum Gasteiger partial charge on any atom is 0.0561 e. The molecule has 1 aliphatic rings. The van der Waals surface area contributed by atoms with Crippen LogP contribution in [0.1, 0.15) is 11.1 Å². The highest BCUT2D eigenvalue weighted by Crippen LogP contribution is 2.43. The fourth-order valence-electron chi connectivity index (χ4n) is 7.91. The van der Waals surface area contributed by atoms with Gasteiger partial charge >= 0.3 is 0 Å². The third-order valence-electron chi connectivity index (χ3n) is 10.2. The second-order valence-corrected chi connectivity index (χ2v) is 13.0. The van der Waals surface area contributed by atoms with Gasteiger partial charge in [0.25, 0.3) is 0 Å². The number of aromatic nitrogens is 2. The predicted octanol–water partition coefficient (Wildman–Crippen LogP) is 12.6. The normalized spacial score (nSPS) is 13.8. The molecule has 10 rings (SSSR count). The van der Waals surface area contributed by atoms with Crippen molar-refractivity contribution in [3.05, 3.63) is 199 Å². The zero-order chi connectivity index (χ0) is 33.7. The number of hydrogen-bond donors (Lipinski definition) is 1. The SMILES string of the molecule is C1=CNc2ccccc2-c2ccc3c(c2/C=C(/c2ccccc2)C=C1)c1ccccc1n3-c1ccc2c3ccccc3n(-c3ccccc3)c2c1. The Morgan fingerprint density at radius 2 is 1.10 bits per heavy atom. The van der Waals surface area contributed by atoms with Gasteiger partial charge in [-0.25, -0.2) is 0 Å². The molecule has 0 atom stereocenters. The molecule has 0 spiro atoms. The molecule has 0 bridgehead atoms. The van der Waals surface area contributed by atoms with E-state index in [2.05, 4.69) is 203 Å². The largest absolute Gasteiger partial charge is 0.361 e. The lowest BCUT2D eigenvalue weighted by Crippen LogP contribution is -1.97. The van der Waals surface area contributed by atoms with Gasteiger partial charge in [0, 0.05) is 50.4 Å². The van der Waals surface area contributed by atoms with Crippen LogP contribution in [-0.4, -0.2) is 9.13 Å². The van der Waals surface area contributed by atoms with E-state index in [9.17, 15) is 0 Å².